The van der Waals surface area contributed by atoms with Crippen molar-refractivity contribution in [1.29, 1.82) is 0 Å². The average Bonchev–Trinajstić information content (AvgIpc) is 3.26. The molecule has 1 aliphatic rings. The lowest BCUT2D eigenvalue weighted by Crippen LogP contribution is -2.50. The van der Waals surface area contributed by atoms with Gasteiger partial charge in [0, 0.05) is 49.8 Å². The van der Waals surface area contributed by atoms with Crippen molar-refractivity contribution in [2.24, 2.45) is 0 Å². The van der Waals surface area contributed by atoms with E-state index in [-0.39, 0.29) is 12.5 Å². The Morgan fingerprint density at radius 3 is 2.51 bits per heavy atom. The van der Waals surface area contributed by atoms with Gasteiger partial charge in [0.15, 0.2) is 5.65 Å². The number of nitrogens with zero attached hydrogens (tertiary/aromatic N) is 5. The van der Waals surface area contributed by atoms with Gasteiger partial charge in [0.05, 0.1) is 18.3 Å². The van der Waals surface area contributed by atoms with Gasteiger partial charge < -0.3 is 15.1 Å². The normalized spacial score (nSPS) is 14.4. The second kappa shape index (κ2) is 9.28. The highest BCUT2D eigenvalue weighted by molar-refractivity contribution is 5.84. The summed E-state index contributed by atoms with van der Waals surface area (Å²) in [6, 6.07) is 15.0. The zero-order chi connectivity index (χ0) is 24.4. The minimum absolute atomic E-state index is 0.0690. The maximum absolute atomic E-state index is 13.1. The molecular weight excluding hydrogens is 457 g/mol. The molecule has 35 heavy (non-hydrogen) atoms. The largest absolute Gasteiger partial charge is 0.416 e. The molecular formula is C25H23F3N6O. The van der Waals surface area contributed by atoms with Gasteiger partial charge in [-0.25, -0.2) is 4.98 Å². The number of fused-ring (bicyclic) bond motifs is 1. The molecule has 1 amide bonds. The minimum Gasteiger partial charge on any atom is -0.368 e. The molecule has 2 aromatic carbocycles. The number of benzene rings is 2. The summed E-state index contributed by atoms with van der Waals surface area (Å²) in [5, 5.41) is 3.24. The van der Waals surface area contributed by atoms with Crippen LogP contribution in [0.1, 0.15) is 5.56 Å². The highest BCUT2D eigenvalue weighted by Crippen LogP contribution is 2.32. The smallest absolute Gasteiger partial charge is 0.368 e. The number of piperazine rings is 1. The van der Waals surface area contributed by atoms with Gasteiger partial charge in [-0.1, -0.05) is 36.4 Å². The Kier molecular flexibility index (Phi) is 6.02. The van der Waals surface area contributed by atoms with Crippen molar-refractivity contribution in [2.45, 2.75) is 6.18 Å². The van der Waals surface area contributed by atoms with Crippen LogP contribution in [0.5, 0.6) is 0 Å². The highest BCUT2D eigenvalue weighted by Gasteiger charge is 2.31. The monoisotopic (exact) mass is 480 g/mol. The topological polar surface area (TPSA) is 65.8 Å². The molecule has 180 valence electrons. The summed E-state index contributed by atoms with van der Waals surface area (Å²) in [5.74, 6) is 0.612. The third-order valence-corrected chi connectivity index (χ3v) is 6.06. The minimum atomic E-state index is -4.38. The fraction of sp³-hybridized carbons (Fsp3) is 0.240. The molecule has 3 heterocycles. The van der Waals surface area contributed by atoms with E-state index in [1.807, 2.05) is 39.6 Å². The van der Waals surface area contributed by atoms with Gasteiger partial charge in [-0.3, -0.25) is 14.2 Å². The number of halogens is 3. The molecule has 0 bridgehead atoms. The van der Waals surface area contributed by atoms with Crippen LogP contribution < -0.4 is 10.2 Å². The van der Waals surface area contributed by atoms with Crippen molar-refractivity contribution in [3.05, 3.63) is 78.8 Å². The molecule has 0 unspecified atom stereocenters. The van der Waals surface area contributed by atoms with E-state index in [2.05, 4.69) is 15.3 Å². The molecule has 0 radical (unpaired) electrons. The van der Waals surface area contributed by atoms with Gasteiger partial charge in [0.1, 0.15) is 11.5 Å². The lowest BCUT2D eigenvalue weighted by atomic mass is 10.1. The molecule has 1 fully saturated rings. The molecule has 0 aliphatic carbocycles. The Morgan fingerprint density at radius 1 is 1.00 bits per heavy atom. The first-order chi connectivity index (χ1) is 16.9. The predicted octanol–water partition coefficient (Wildman–Crippen LogP) is 4.18. The summed E-state index contributed by atoms with van der Waals surface area (Å²) in [5.41, 5.74) is 2.14. The van der Waals surface area contributed by atoms with Crippen molar-refractivity contribution in [2.75, 3.05) is 42.9 Å². The Hall–Kier alpha value is -4.08. The third kappa shape index (κ3) is 4.77. The molecule has 1 aliphatic heterocycles. The Labute approximate surface area is 199 Å². The average molecular weight is 480 g/mol. The zero-order valence-electron chi connectivity index (χ0n) is 18.7. The van der Waals surface area contributed by atoms with E-state index in [0.717, 1.165) is 23.4 Å². The predicted molar refractivity (Wildman–Crippen MR) is 127 cm³/mol. The standard InChI is InChI=1S/C25H23F3N6O/c26-25(27,28)19-7-4-8-20(15-19)32-11-13-33(14-12-32)22(35)17-30-24-23(18-5-2-1-3-6-18)31-21-16-29-9-10-34(21)24/h1-10,15-16,30H,11-14,17H2. The number of hydrogen-bond donors (Lipinski definition) is 1. The van der Waals surface area contributed by atoms with E-state index in [4.69, 9.17) is 0 Å². The quantitative estimate of drug-likeness (QED) is 0.465. The number of carbonyl (C=O) groups is 1. The van der Waals surface area contributed by atoms with E-state index in [9.17, 15) is 18.0 Å². The fourth-order valence-corrected chi connectivity index (χ4v) is 4.24. The number of anilines is 2. The number of alkyl halides is 3. The summed E-state index contributed by atoms with van der Waals surface area (Å²) < 4.78 is 41.0. The number of amides is 1. The van der Waals surface area contributed by atoms with Gasteiger partial charge in [0.2, 0.25) is 5.91 Å². The number of nitrogens with one attached hydrogen (secondary N) is 1. The number of rotatable bonds is 5. The molecule has 2 aromatic heterocycles. The lowest BCUT2D eigenvalue weighted by molar-refractivity contribution is -0.137. The van der Waals surface area contributed by atoms with Gasteiger partial charge in [0.25, 0.3) is 0 Å². The van der Waals surface area contributed by atoms with Crippen LogP contribution in [-0.4, -0.2) is 57.9 Å². The van der Waals surface area contributed by atoms with Crippen molar-refractivity contribution in [3.63, 3.8) is 0 Å². The van der Waals surface area contributed by atoms with Gasteiger partial charge in [-0.2, -0.15) is 13.2 Å². The Bertz CT molecular complexity index is 1330. The first kappa shape index (κ1) is 22.7. The third-order valence-electron chi connectivity index (χ3n) is 6.06. The first-order valence-corrected chi connectivity index (χ1v) is 11.2. The summed E-state index contributed by atoms with van der Waals surface area (Å²) in [7, 11) is 0. The van der Waals surface area contributed by atoms with E-state index >= 15 is 0 Å². The van der Waals surface area contributed by atoms with Crippen molar-refractivity contribution >= 4 is 23.1 Å². The molecule has 5 rings (SSSR count). The van der Waals surface area contributed by atoms with E-state index in [0.29, 0.717) is 43.3 Å². The van der Waals surface area contributed by atoms with Crippen LogP contribution in [0.15, 0.2) is 73.2 Å². The summed E-state index contributed by atoms with van der Waals surface area (Å²) >= 11 is 0. The molecule has 1 saturated heterocycles. The molecule has 7 nitrogen and oxygen atoms in total. The zero-order valence-corrected chi connectivity index (χ0v) is 18.7. The van der Waals surface area contributed by atoms with E-state index < -0.39 is 11.7 Å². The summed E-state index contributed by atoms with van der Waals surface area (Å²) in [4.78, 5) is 25.4. The van der Waals surface area contributed by atoms with Gasteiger partial charge in [-0.15, -0.1) is 0 Å². The maximum atomic E-state index is 13.1. The number of hydrogen-bond acceptors (Lipinski definition) is 5. The molecule has 10 heteroatoms. The fourth-order valence-electron chi connectivity index (χ4n) is 4.24. The first-order valence-electron chi connectivity index (χ1n) is 11.2. The molecule has 0 atom stereocenters. The lowest BCUT2D eigenvalue weighted by Gasteiger charge is -2.36. The maximum Gasteiger partial charge on any atom is 0.416 e. The van der Waals surface area contributed by atoms with Gasteiger partial charge in [-0.05, 0) is 18.2 Å². The van der Waals surface area contributed by atoms with Crippen LogP contribution in [0, 0.1) is 0 Å². The Morgan fingerprint density at radius 2 is 1.77 bits per heavy atom. The molecule has 0 spiro atoms. The van der Waals surface area contributed by atoms with Crippen LogP contribution in [0.3, 0.4) is 0 Å². The van der Waals surface area contributed by atoms with E-state index in [1.165, 1.54) is 6.07 Å². The molecule has 0 saturated carbocycles. The van der Waals surface area contributed by atoms with Gasteiger partial charge >= 0.3 is 6.18 Å². The number of aromatic nitrogens is 3. The SMILES string of the molecule is O=C(CNc1c(-c2ccccc2)nc2cnccn12)N1CCN(c2cccc(C(F)(F)F)c2)CC1. The second-order valence-electron chi connectivity index (χ2n) is 8.25. The number of imidazole rings is 1. The highest BCUT2D eigenvalue weighted by atomic mass is 19.4. The molecule has 4 aromatic rings. The van der Waals surface area contributed by atoms with Crippen LogP contribution in [0.25, 0.3) is 16.9 Å². The second-order valence-corrected chi connectivity index (χ2v) is 8.25. The van der Waals surface area contributed by atoms with Crippen LogP contribution in [0.4, 0.5) is 24.7 Å². The van der Waals surface area contributed by atoms with Crippen molar-refractivity contribution < 1.29 is 18.0 Å². The van der Waals surface area contributed by atoms with Crippen LogP contribution in [0.2, 0.25) is 0 Å². The van der Waals surface area contributed by atoms with Crippen molar-refractivity contribution in [1.82, 2.24) is 19.3 Å². The Balaban J connectivity index is 1.25. The summed E-state index contributed by atoms with van der Waals surface area (Å²) in [6.07, 6.45) is 0.720. The van der Waals surface area contributed by atoms with Crippen LogP contribution in [-0.2, 0) is 11.0 Å². The molecule has 1 N–H and O–H groups in total. The van der Waals surface area contributed by atoms with E-state index in [1.54, 1.807) is 29.6 Å². The number of carbonyl (C=O) groups excluding carboxylic acids is 1. The summed E-state index contributed by atoms with van der Waals surface area (Å²) in [6.45, 7) is 1.85. The van der Waals surface area contributed by atoms with Crippen molar-refractivity contribution in [3.8, 4) is 11.3 Å². The van der Waals surface area contributed by atoms with Crippen LogP contribution >= 0.6 is 0 Å².